The normalized spacial score (nSPS) is 13.4. The molecule has 0 rings (SSSR count). The molecule has 0 fully saturated rings. The van der Waals surface area contributed by atoms with Gasteiger partial charge in [0.05, 0.1) is 5.41 Å². The molecule has 0 aliphatic carbocycles. The van der Waals surface area contributed by atoms with Gasteiger partial charge in [-0.1, -0.05) is 79.1 Å². The second-order valence-corrected chi connectivity index (χ2v) is 6.40. The average molecular weight is 283 g/mol. The van der Waals surface area contributed by atoms with E-state index in [0.29, 0.717) is 0 Å². The fourth-order valence-electron chi connectivity index (χ4n) is 3.42. The molecule has 2 heteroatoms. The largest absolute Gasteiger partial charge is 0.361 e. The Bertz CT molecular complexity index is 242. The van der Waals surface area contributed by atoms with Crippen LogP contribution in [0.3, 0.4) is 0 Å². The van der Waals surface area contributed by atoms with E-state index in [1.807, 2.05) is 0 Å². The van der Waals surface area contributed by atoms with Crippen LogP contribution in [0.4, 0.5) is 0 Å². The minimum Gasteiger partial charge on any atom is -0.247 e. The molecule has 0 N–H and O–H groups in total. The van der Waals surface area contributed by atoms with Crippen LogP contribution in [0, 0.1) is 11.3 Å². The lowest BCUT2D eigenvalue weighted by Crippen LogP contribution is -2.37. The number of carbonyl (C=O) groups is 1. The predicted molar refractivity (Wildman–Crippen MR) is 85.1 cm³/mol. The first kappa shape index (κ1) is 19.5. The number of hydrogen-bond acceptors (Lipinski definition) is 1. The third kappa shape index (κ3) is 6.28. The van der Waals surface area contributed by atoms with E-state index >= 15 is 0 Å². The van der Waals surface area contributed by atoms with Crippen LogP contribution in [-0.4, -0.2) is 5.97 Å². The van der Waals surface area contributed by atoms with Crippen LogP contribution in [0.5, 0.6) is 0 Å². The Kier molecular flexibility index (Phi) is 10.9. The van der Waals surface area contributed by atoms with E-state index in [9.17, 15) is 9.90 Å². The Labute approximate surface area is 126 Å². The summed E-state index contributed by atoms with van der Waals surface area (Å²) in [6.07, 6.45) is 12.0. The maximum atomic E-state index is 11.7. The van der Waals surface area contributed by atoms with Gasteiger partial charge in [0.1, 0.15) is 0 Å². The fourth-order valence-corrected chi connectivity index (χ4v) is 3.42. The third-order valence-corrected chi connectivity index (χ3v) is 4.73. The summed E-state index contributed by atoms with van der Waals surface area (Å²) in [6, 6.07) is 0. The van der Waals surface area contributed by atoms with E-state index in [2.05, 4.69) is 27.7 Å². The van der Waals surface area contributed by atoms with Crippen LogP contribution in [0.15, 0.2) is 0 Å². The number of rotatable bonds is 13. The van der Waals surface area contributed by atoms with Crippen LogP contribution in [-0.2, 0) is 9.90 Å². The SMILES string of the molecule is CCCCCCCCC(C)C(CCC)(CCC)C([O])=O. The molecule has 0 aromatic carbocycles. The molecule has 2 nitrogen and oxygen atoms in total. The zero-order chi connectivity index (χ0) is 15.4. The first-order chi connectivity index (χ1) is 9.55. The summed E-state index contributed by atoms with van der Waals surface area (Å²) in [4.78, 5) is 11.7. The molecule has 1 unspecified atom stereocenters. The molecule has 0 aliphatic heterocycles. The highest BCUT2D eigenvalue weighted by atomic mass is 16.4. The highest BCUT2D eigenvalue weighted by Gasteiger charge is 2.42. The summed E-state index contributed by atoms with van der Waals surface area (Å²) in [7, 11) is 0. The van der Waals surface area contributed by atoms with Crippen molar-refractivity contribution >= 4 is 5.97 Å². The predicted octanol–water partition coefficient (Wildman–Crippen LogP) is 5.92. The van der Waals surface area contributed by atoms with E-state index in [-0.39, 0.29) is 5.92 Å². The van der Waals surface area contributed by atoms with Crippen molar-refractivity contribution in [1.29, 1.82) is 0 Å². The molecule has 0 bridgehead atoms. The van der Waals surface area contributed by atoms with E-state index < -0.39 is 11.4 Å². The summed E-state index contributed by atoms with van der Waals surface area (Å²) in [5, 5.41) is 11.7. The summed E-state index contributed by atoms with van der Waals surface area (Å²) >= 11 is 0. The molecule has 0 aliphatic rings. The fraction of sp³-hybridized carbons (Fsp3) is 0.944. The van der Waals surface area contributed by atoms with Crippen molar-refractivity contribution in [3.05, 3.63) is 0 Å². The van der Waals surface area contributed by atoms with Crippen molar-refractivity contribution < 1.29 is 9.90 Å². The van der Waals surface area contributed by atoms with Crippen LogP contribution >= 0.6 is 0 Å². The number of carbonyl (C=O) groups excluding carboxylic acids is 1. The van der Waals surface area contributed by atoms with Crippen LogP contribution in [0.25, 0.3) is 0 Å². The van der Waals surface area contributed by atoms with Gasteiger partial charge in [0, 0.05) is 0 Å². The Hall–Kier alpha value is -0.530. The summed E-state index contributed by atoms with van der Waals surface area (Å²) in [5.74, 6) is -0.585. The monoisotopic (exact) mass is 283 g/mol. The van der Waals surface area contributed by atoms with Gasteiger partial charge in [0.15, 0.2) is 0 Å². The average Bonchev–Trinajstić information content (AvgIpc) is 2.41. The molecule has 0 aromatic rings. The van der Waals surface area contributed by atoms with E-state index in [1.165, 1.54) is 32.1 Å². The summed E-state index contributed by atoms with van der Waals surface area (Å²) < 4.78 is 0. The van der Waals surface area contributed by atoms with Gasteiger partial charge >= 0.3 is 5.97 Å². The van der Waals surface area contributed by atoms with E-state index in [4.69, 9.17) is 0 Å². The highest BCUT2D eigenvalue weighted by molar-refractivity contribution is 5.74. The summed E-state index contributed by atoms with van der Waals surface area (Å²) in [6.45, 7) is 8.49. The maximum absolute atomic E-state index is 11.7. The zero-order valence-corrected chi connectivity index (χ0v) is 14.2. The number of unbranched alkanes of at least 4 members (excludes halogenated alkanes) is 5. The van der Waals surface area contributed by atoms with Crippen molar-refractivity contribution in [2.75, 3.05) is 0 Å². The molecule has 1 atom stereocenters. The smallest absolute Gasteiger partial charge is 0.247 e. The summed E-state index contributed by atoms with van der Waals surface area (Å²) in [5.41, 5.74) is -0.590. The van der Waals surface area contributed by atoms with E-state index in [1.54, 1.807) is 0 Å². The second-order valence-electron chi connectivity index (χ2n) is 6.40. The van der Waals surface area contributed by atoms with Crippen molar-refractivity contribution in [1.82, 2.24) is 0 Å². The Balaban J connectivity index is 4.33. The lowest BCUT2D eigenvalue weighted by Gasteiger charge is -2.34. The highest BCUT2D eigenvalue weighted by Crippen LogP contribution is 2.41. The maximum Gasteiger partial charge on any atom is 0.361 e. The van der Waals surface area contributed by atoms with Gasteiger partial charge in [-0.25, -0.2) is 9.90 Å². The molecule has 0 heterocycles. The van der Waals surface area contributed by atoms with Gasteiger partial charge in [-0.3, -0.25) is 0 Å². The van der Waals surface area contributed by atoms with Crippen molar-refractivity contribution in [2.24, 2.45) is 11.3 Å². The minimum absolute atomic E-state index is 0.235. The second kappa shape index (κ2) is 11.2. The van der Waals surface area contributed by atoms with Crippen molar-refractivity contribution in [3.8, 4) is 0 Å². The van der Waals surface area contributed by atoms with Gasteiger partial charge in [0.25, 0.3) is 0 Å². The Morgan fingerprint density at radius 1 is 0.850 bits per heavy atom. The molecular formula is C18H35O2. The first-order valence-corrected chi connectivity index (χ1v) is 8.76. The standard InChI is InChI=1S/C18H35O2/c1-5-8-9-10-11-12-13-16(4)18(14-6-2,15-7-3)17(19)20/h16H,5-15H2,1-4H3. The number of hydrogen-bond donors (Lipinski definition) is 0. The van der Waals surface area contributed by atoms with Gasteiger partial charge in [-0.05, 0) is 25.2 Å². The molecule has 0 amide bonds. The van der Waals surface area contributed by atoms with Gasteiger partial charge in [0.2, 0.25) is 0 Å². The minimum atomic E-state index is -0.820. The lowest BCUT2D eigenvalue weighted by molar-refractivity contribution is -0.160. The van der Waals surface area contributed by atoms with Gasteiger partial charge in [-0.15, -0.1) is 0 Å². The van der Waals surface area contributed by atoms with Gasteiger partial charge in [-0.2, -0.15) is 0 Å². The molecule has 0 saturated heterocycles. The van der Waals surface area contributed by atoms with E-state index in [0.717, 1.165) is 38.5 Å². The zero-order valence-electron chi connectivity index (χ0n) is 14.2. The van der Waals surface area contributed by atoms with Crippen molar-refractivity contribution in [2.45, 2.75) is 98.3 Å². The van der Waals surface area contributed by atoms with Crippen LogP contribution < -0.4 is 0 Å². The Morgan fingerprint density at radius 2 is 1.35 bits per heavy atom. The molecule has 0 saturated carbocycles. The van der Waals surface area contributed by atoms with Gasteiger partial charge < -0.3 is 0 Å². The molecule has 1 radical (unpaired) electrons. The van der Waals surface area contributed by atoms with Crippen LogP contribution in [0.1, 0.15) is 98.3 Å². The molecule has 0 aromatic heterocycles. The lowest BCUT2D eigenvalue weighted by atomic mass is 9.68. The Morgan fingerprint density at radius 3 is 1.80 bits per heavy atom. The third-order valence-electron chi connectivity index (χ3n) is 4.73. The molecule has 119 valence electrons. The van der Waals surface area contributed by atoms with Crippen LogP contribution in [0.2, 0.25) is 0 Å². The topological polar surface area (TPSA) is 37.0 Å². The molecule has 20 heavy (non-hydrogen) atoms. The molecule has 0 spiro atoms. The van der Waals surface area contributed by atoms with Crippen molar-refractivity contribution in [3.63, 3.8) is 0 Å². The molecular weight excluding hydrogens is 248 g/mol. The first-order valence-electron chi connectivity index (χ1n) is 8.76. The quantitative estimate of drug-likeness (QED) is 0.387.